The van der Waals surface area contributed by atoms with Crippen molar-refractivity contribution in [1.29, 1.82) is 0 Å². The molecule has 2 amide bonds. The normalized spacial score (nSPS) is 11.3. The predicted octanol–water partition coefficient (Wildman–Crippen LogP) is 9.23. The Balaban J connectivity index is 1.84. The minimum absolute atomic E-state index is 0.206. The molecule has 47 heavy (non-hydrogen) atoms. The van der Waals surface area contributed by atoms with Crippen LogP contribution in [-0.4, -0.2) is 40.1 Å². The van der Waals surface area contributed by atoms with E-state index in [1.54, 1.807) is 10.8 Å². The molecule has 4 rings (SSSR count). The fourth-order valence-corrected chi connectivity index (χ4v) is 6.08. The number of carbonyl (C=O) groups excluding carboxylic acids is 1. The van der Waals surface area contributed by atoms with E-state index in [4.69, 9.17) is 0 Å². The largest absolute Gasteiger partial charge is 0.323 e. The minimum Gasteiger partial charge on any atom is -0.307 e. The maximum Gasteiger partial charge on any atom is 0.323 e. The van der Waals surface area contributed by atoms with Crippen molar-refractivity contribution in [2.24, 2.45) is 0 Å². The molecule has 0 saturated carbocycles. The Bertz CT molecular complexity index is 1760. The van der Waals surface area contributed by atoms with Crippen LogP contribution in [0.1, 0.15) is 103 Å². The van der Waals surface area contributed by atoms with Gasteiger partial charge in [-0.05, 0) is 85.1 Å². The van der Waals surface area contributed by atoms with Crippen LogP contribution in [0.2, 0.25) is 0 Å². The first kappa shape index (κ1) is 35.4. The highest BCUT2D eigenvalue weighted by Gasteiger charge is 2.22. The van der Waals surface area contributed by atoms with Crippen molar-refractivity contribution in [3.05, 3.63) is 87.8 Å². The summed E-state index contributed by atoms with van der Waals surface area (Å²) in [5, 5.41) is 6.95. The van der Waals surface area contributed by atoms with Gasteiger partial charge in [-0.15, -0.1) is 0 Å². The van der Waals surface area contributed by atoms with Crippen LogP contribution in [0.5, 0.6) is 0 Å². The Hall–Kier alpha value is -4.41. The van der Waals surface area contributed by atoms with Crippen LogP contribution in [0, 0.1) is 11.8 Å². The number of amides is 2. The molecule has 2 aromatic carbocycles. The van der Waals surface area contributed by atoms with Crippen LogP contribution < -0.4 is 16.2 Å². The Morgan fingerprint density at radius 3 is 2.17 bits per heavy atom. The van der Waals surface area contributed by atoms with E-state index in [1.165, 1.54) is 0 Å². The van der Waals surface area contributed by atoms with Crippen molar-refractivity contribution >= 4 is 28.4 Å². The number of hydrogen-bond acceptors (Lipinski definition) is 4. The van der Waals surface area contributed by atoms with Crippen LogP contribution >= 0.6 is 0 Å². The molecule has 0 unspecified atom stereocenters. The van der Waals surface area contributed by atoms with Crippen molar-refractivity contribution in [2.45, 2.75) is 92.5 Å². The van der Waals surface area contributed by atoms with Crippen molar-refractivity contribution in [3.63, 3.8) is 0 Å². The first-order chi connectivity index (χ1) is 22.7. The highest BCUT2D eigenvalue weighted by atomic mass is 16.2. The first-order valence-electron chi connectivity index (χ1n) is 17.2. The standard InChI is InChI=1S/C40H51N5O2/c1-8-11-26-45-38-34(21-14-22-41-38)35(31-18-12-16-30(27-31)17-15-25-44(23-9-2)24-10-3)37(39(45)46)43-40(47)42-36-32(28(4)5)19-13-20-33(36)29(6)7/h12-14,16,18-22,27-29H,8-11,23-26H2,1-7H3,(H2,42,43,47). The zero-order valence-electron chi connectivity index (χ0n) is 29.2. The molecule has 4 aromatic rings. The van der Waals surface area contributed by atoms with E-state index in [-0.39, 0.29) is 23.1 Å². The van der Waals surface area contributed by atoms with Gasteiger partial charge >= 0.3 is 6.03 Å². The summed E-state index contributed by atoms with van der Waals surface area (Å²) in [7, 11) is 0. The van der Waals surface area contributed by atoms with Gasteiger partial charge in [-0.1, -0.05) is 97.1 Å². The molecule has 0 bridgehead atoms. The lowest BCUT2D eigenvalue weighted by Gasteiger charge is -2.22. The smallest absolute Gasteiger partial charge is 0.307 e. The molecular formula is C40H51N5O2. The summed E-state index contributed by atoms with van der Waals surface area (Å²) in [6.45, 7) is 18.2. The van der Waals surface area contributed by atoms with E-state index in [0.29, 0.717) is 24.3 Å². The fraction of sp³-hybridized carbons (Fsp3) is 0.425. The summed E-state index contributed by atoms with van der Waals surface area (Å²) < 4.78 is 1.69. The van der Waals surface area contributed by atoms with Gasteiger partial charge in [0.2, 0.25) is 0 Å². The number of para-hydroxylation sites is 1. The van der Waals surface area contributed by atoms with Crippen LogP contribution in [0.4, 0.5) is 16.2 Å². The molecule has 2 heterocycles. The average Bonchev–Trinajstić information content (AvgIpc) is 3.05. The number of anilines is 2. The Morgan fingerprint density at radius 1 is 0.872 bits per heavy atom. The zero-order chi connectivity index (χ0) is 33.9. The number of fused-ring (bicyclic) bond motifs is 1. The Kier molecular flexibility index (Phi) is 12.8. The molecule has 0 fully saturated rings. The molecule has 2 N–H and O–H groups in total. The molecule has 7 heteroatoms. The SMILES string of the molecule is CCCCn1c(=O)c(NC(=O)Nc2c(C(C)C)cccc2C(C)C)c(-c2cccc(C#CCN(CCC)CCC)c2)c2cccnc21. The number of nitrogens with one attached hydrogen (secondary N) is 2. The van der Waals surface area contributed by atoms with Gasteiger partial charge in [0.1, 0.15) is 11.3 Å². The van der Waals surface area contributed by atoms with Gasteiger partial charge in [-0.25, -0.2) is 9.78 Å². The number of pyridine rings is 2. The number of benzene rings is 2. The number of nitrogens with zero attached hydrogens (tertiary/aromatic N) is 3. The van der Waals surface area contributed by atoms with Gasteiger partial charge in [-0.2, -0.15) is 0 Å². The van der Waals surface area contributed by atoms with Gasteiger partial charge in [0.05, 0.1) is 6.54 Å². The van der Waals surface area contributed by atoms with Crippen molar-refractivity contribution in [2.75, 3.05) is 30.3 Å². The topological polar surface area (TPSA) is 79.3 Å². The number of hydrogen-bond donors (Lipinski definition) is 2. The van der Waals surface area contributed by atoms with Gasteiger partial charge in [0.15, 0.2) is 0 Å². The molecule has 2 aromatic heterocycles. The fourth-order valence-electron chi connectivity index (χ4n) is 6.08. The average molecular weight is 634 g/mol. The third-order valence-electron chi connectivity index (χ3n) is 8.37. The molecule has 0 spiro atoms. The summed E-state index contributed by atoms with van der Waals surface area (Å²) in [5.74, 6) is 7.10. The number of aryl methyl sites for hydroxylation is 1. The lowest BCUT2D eigenvalue weighted by molar-refractivity contribution is 0.262. The molecule has 7 nitrogen and oxygen atoms in total. The molecule has 248 valence electrons. The number of aromatic nitrogens is 2. The monoisotopic (exact) mass is 633 g/mol. The number of rotatable bonds is 13. The van der Waals surface area contributed by atoms with Crippen LogP contribution in [0.3, 0.4) is 0 Å². The zero-order valence-corrected chi connectivity index (χ0v) is 29.2. The van der Waals surface area contributed by atoms with Gasteiger partial charge in [0.25, 0.3) is 5.56 Å². The molecule has 0 radical (unpaired) electrons. The van der Waals surface area contributed by atoms with Crippen LogP contribution in [-0.2, 0) is 6.54 Å². The number of unbranched alkanes of at least 4 members (excludes halogenated alkanes) is 1. The van der Waals surface area contributed by atoms with E-state index in [2.05, 4.69) is 80.8 Å². The third kappa shape index (κ3) is 8.69. The second kappa shape index (κ2) is 16.9. The van der Waals surface area contributed by atoms with E-state index in [9.17, 15) is 9.59 Å². The maximum absolute atomic E-state index is 14.3. The van der Waals surface area contributed by atoms with E-state index in [0.717, 1.165) is 72.1 Å². The van der Waals surface area contributed by atoms with Crippen molar-refractivity contribution in [3.8, 4) is 23.0 Å². The second-order valence-corrected chi connectivity index (χ2v) is 12.8. The van der Waals surface area contributed by atoms with Crippen molar-refractivity contribution < 1.29 is 4.79 Å². The molecule has 0 aliphatic carbocycles. The van der Waals surface area contributed by atoms with E-state index >= 15 is 0 Å². The molecule has 0 aliphatic rings. The van der Waals surface area contributed by atoms with Gasteiger partial charge in [-0.3, -0.25) is 14.3 Å². The second-order valence-electron chi connectivity index (χ2n) is 12.8. The van der Waals surface area contributed by atoms with Gasteiger partial charge in [0, 0.05) is 34.9 Å². The minimum atomic E-state index is -0.452. The lowest BCUT2D eigenvalue weighted by atomic mass is 9.93. The highest BCUT2D eigenvalue weighted by Crippen LogP contribution is 2.35. The third-order valence-corrected chi connectivity index (χ3v) is 8.37. The van der Waals surface area contributed by atoms with Crippen LogP contribution in [0.15, 0.2) is 65.6 Å². The van der Waals surface area contributed by atoms with E-state index in [1.807, 2.05) is 54.6 Å². The Morgan fingerprint density at radius 2 is 1.53 bits per heavy atom. The highest BCUT2D eigenvalue weighted by molar-refractivity contribution is 6.07. The summed E-state index contributed by atoms with van der Waals surface area (Å²) >= 11 is 0. The molecule has 0 saturated heterocycles. The predicted molar refractivity (Wildman–Crippen MR) is 198 cm³/mol. The summed E-state index contributed by atoms with van der Waals surface area (Å²) in [4.78, 5) is 35.2. The van der Waals surface area contributed by atoms with Gasteiger partial charge < -0.3 is 10.6 Å². The molecule has 0 atom stereocenters. The summed E-state index contributed by atoms with van der Waals surface area (Å²) in [6, 6.07) is 17.4. The van der Waals surface area contributed by atoms with Crippen LogP contribution in [0.25, 0.3) is 22.2 Å². The lowest BCUT2D eigenvalue weighted by Crippen LogP contribution is -2.30. The first-order valence-corrected chi connectivity index (χ1v) is 17.2. The summed E-state index contributed by atoms with van der Waals surface area (Å²) in [5.41, 5.74) is 5.75. The number of carbonyl (C=O) groups is 1. The molecular weight excluding hydrogens is 582 g/mol. The summed E-state index contributed by atoms with van der Waals surface area (Å²) in [6.07, 6.45) is 5.63. The Labute approximate surface area is 280 Å². The maximum atomic E-state index is 14.3. The quantitative estimate of drug-likeness (QED) is 0.144. The number of urea groups is 1. The molecule has 0 aliphatic heterocycles. The van der Waals surface area contributed by atoms with Crippen molar-refractivity contribution in [1.82, 2.24) is 14.5 Å². The van der Waals surface area contributed by atoms with E-state index < -0.39 is 6.03 Å².